The Hall–Kier alpha value is -0.473. The van der Waals surface area contributed by atoms with Gasteiger partial charge in [-0.3, -0.25) is 4.79 Å². The fourth-order valence-electron chi connectivity index (χ4n) is 4.58. The molecule has 188 valence electrons. The fraction of sp³-hybridized carbons (Fsp3) is 0.960. The highest BCUT2D eigenvalue weighted by atomic mass is 28.4. The van der Waals surface area contributed by atoms with Gasteiger partial charge in [0.1, 0.15) is 0 Å². The zero-order chi connectivity index (χ0) is 23.8. The molecule has 0 bridgehead atoms. The summed E-state index contributed by atoms with van der Waals surface area (Å²) < 4.78 is 23.6. The highest BCUT2D eigenvalue weighted by Crippen LogP contribution is 2.42. The molecular formula is C25H48O6Si. The molecule has 2 fully saturated rings. The van der Waals surface area contributed by atoms with Gasteiger partial charge in [-0.05, 0) is 56.2 Å². The van der Waals surface area contributed by atoms with Crippen LogP contribution in [0.1, 0.15) is 85.0 Å². The van der Waals surface area contributed by atoms with Crippen molar-refractivity contribution in [2.75, 3.05) is 20.3 Å². The van der Waals surface area contributed by atoms with Crippen molar-refractivity contribution in [3.63, 3.8) is 0 Å². The quantitative estimate of drug-likeness (QED) is 0.232. The van der Waals surface area contributed by atoms with Gasteiger partial charge in [0, 0.05) is 32.0 Å². The predicted octanol–water partition coefficient (Wildman–Crippen LogP) is 5.43. The number of rotatable bonds is 12. The highest BCUT2D eigenvalue weighted by molar-refractivity contribution is 6.74. The van der Waals surface area contributed by atoms with E-state index >= 15 is 0 Å². The Balaban J connectivity index is 1.94. The maximum atomic E-state index is 11.3. The summed E-state index contributed by atoms with van der Waals surface area (Å²) in [5.74, 6) is 0.248. The van der Waals surface area contributed by atoms with Gasteiger partial charge >= 0.3 is 5.97 Å². The van der Waals surface area contributed by atoms with Crippen LogP contribution < -0.4 is 0 Å². The molecule has 3 unspecified atom stereocenters. The first-order valence-electron chi connectivity index (χ1n) is 12.7. The van der Waals surface area contributed by atoms with Crippen LogP contribution in [0.25, 0.3) is 0 Å². The van der Waals surface area contributed by atoms with E-state index in [2.05, 4.69) is 33.9 Å². The number of carbonyl (C=O) groups excluding carboxylic acids is 1. The number of carbonyl (C=O) groups is 1. The maximum Gasteiger partial charge on any atom is 0.305 e. The molecule has 0 aromatic heterocycles. The van der Waals surface area contributed by atoms with E-state index in [0.29, 0.717) is 19.4 Å². The van der Waals surface area contributed by atoms with Gasteiger partial charge in [-0.1, -0.05) is 40.0 Å². The number of hydrogen-bond acceptors (Lipinski definition) is 6. The molecule has 32 heavy (non-hydrogen) atoms. The molecule has 2 aliphatic rings. The lowest BCUT2D eigenvalue weighted by Crippen LogP contribution is -2.44. The molecule has 0 amide bonds. The zero-order valence-electron chi connectivity index (χ0n) is 21.4. The molecule has 0 aromatic carbocycles. The number of esters is 1. The minimum Gasteiger partial charge on any atom is -0.469 e. The topological polar surface area (TPSA) is 74.2 Å². The minimum absolute atomic E-state index is 0.0119. The molecule has 0 aromatic rings. The minimum atomic E-state index is -1.88. The van der Waals surface area contributed by atoms with Crippen molar-refractivity contribution < 1.29 is 28.5 Å². The lowest BCUT2D eigenvalue weighted by molar-refractivity contribution is -0.197. The summed E-state index contributed by atoms with van der Waals surface area (Å²) in [4.78, 5) is 11.3. The van der Waals surface area contributed by atoms with E-state index in [0.717, 1.165) is 58.0 Å². The van der Waals surface area contributed by atoms with E-state index in [-0.39, 0.29) is 41.3 Å². The van der Waals surface area contributed by atoms with E-state index < -0.39 is 8.32 Å². The number of hydrogen-bond donors (Lipinski definition) is 1. The third-order valence-corrected chi connectivity index (χ3v) is 12.3. The van der Waals surface area contributed by atoms with Crippen molar-refractivity contribution in [2.24, 2.45) is 11.8 Å². The Morgan fingerprint density at radius 3 is 2.44 bits per heavy atom. The molecule has 1 heterocycles. The number of ether oxygens (including phenoxy) is 3. The van der Waals surface area contributed by atoms with E-state index in [1.165, 1.54) is 7.11 Å². The maximum absolute atomic E-state index is 11.3. The average molecular weight is 473 g/mol. The first-order chi connectivity index (χ1) is 15.0. The van der Waals surface area contributed by atoms with E-state index in [9.17, 15) is 9.90 Å². The summed E-state index contributed by atoms with van der Waals surface area (Å²) in [5, 5.41) is 11.1. The summed E-state index contributed by atoms with van der Waals surface area (Å²) in [6, 6.07) is 0. The van der Waals surface area contributed by atoms with Crippen LogP contribution in [-0.4, -0.2) is 58.2 Å². The second kappa shape index (κ2) is 12.8. The molecule has 1 saturated carbocycles. The lowest BCUT2D eigenvalue weighted by Gasteiger charge is -2.38. The first-order valence-corrected chi connectivity index (χ1v) is 15.6. The van der Waals surface area contributed by atoms with Gasteiger partial charge in [-0.25, -0.2) is 0 Å². The van der Waals surface area contributed by atoms with Crippen molar-refractivity contribution in [2.45, 2.75) is 122 Å². The second-order valence-electron chi connectivity index (χ2n) is 11.2. The number of aliphatic hydroxyl groups excluding tert-OH is 1. The van der Waals surface area contributed by atoms with Crippen LogP contribution in [0.15, 0.2) is 0 Å². The van der Waals surface area contributed by atoms with Crippen molar-refractivity contribution >= 4 is 14.3 Å². The van der Waals surface area contributed by atoms with Gasteiger partial charge in [0.2, 0.25) is 0 Å². The molecule has 1 aliphatic heterocycles. The molecule has 5 atom stereocenters. The van der Waals surface area contributed by atoms with Gasteiger partial charge in [0.15, 0.2) is 14.6 Å². The molecule has 0 spiro atoms. The first kappa shape index (κ1) is 27.8. The van der Waals surface area contributed by atoms with Crippen LogP contribution in [0, 0.1) is 11.8 Å². The SMILES string of the molecule is COC(=O)CCCCCCC1C(O)C[C@@H](OC2CCCCO2)[C@@H]1CO[Si](C)(C)C(C)(C)C. The highest BCUT2D eigenvalue weighted by Gasteiger charge is 2.46. The van der Waals surface area contributed by atoms with E-state index in [1.54, 1.807) is 0 Å². The third kappa shape index (κ3) is 8.39. The Bertz CT molecular complexity index is 555. The predicted molar refractivity (Wildman–Crippen MR) is 129 cm³/mol. The van der Waals surface area contributed by atoms with Crippen LogP contribution >= 0.6 is 0 Å². The lowest BCUT2D eigenvalue weighted by atomic mass is 9.89. The Morgan fingerprint density at radius 1 is 1.09 bits per heavy atom. The van der Waals surface area contributed by atoms with Crippen molar-refractivity contribution in [3.8, 4) is 0 Å². The molecule has 6 nitrogen and oxygen atoms in total. The monoisotopic (exact) mass is 472 g/mol. The van der Waals surface area contributed by atoms with Gasteiger partial charge in [0.25, 0.3) is 0 Å². The van der Waals surface area contributed by atoms with Crippen molar-refractivity contribution in [1.82, 2.24) is 0 Å². The van der Waals surface area contributed by atoms with Crippen molar-refractivity contribution in [1.29, 1.82) is 0 Å². The number of unbranched alkanes of at least 4 members (excludes halogenated alkanes) is 3. The molecule has 0 radical (unpaired) electrons. The van der Waals surface area contributed by atoms with Gasteiger partial charge < -0.3 is 23.7 Å². The normalized spacial score (nSPS) is 29.3. The summed E-state index contributed by atoms with van der Waals surface area (Å²) in [6.45, 7) is 12.8. The summed E-state index contributed by atoms with van der Waals surface area (Å²) in [7, 11) is -0.444. The average Bonchev–Trinajstić information content (AvgIpc) is 3.02. The molecule has 1 aliphatic carbocycles. The summed E-state index contributed by atoms with van der Waals surface area (Å²) in [5.41, 5.74) is 0. The van der Waals surface area contributed by atoms with Crippen LogP contribution in [-0.2, 0) is 23.4 Å². The summed E-state index contributed by atoms with van der Waals surface area (Å²) in [6.07, 6.45) is 8.78. The smallest absolute Gasteiger partial charge is 0.305 e. The molecule has 1 N–H and O–H groups in total. The Morgan fingerprint density at radius 2 is 1.81 bits per heavy atom. The van der Waals surface area contributed by atoms with E-state index in [4.69, 9.17) is 18.6 Å². The molecule has 1 saturated heterocycles. The third-order valence-electron chi connectivity index (χ3n) is 7.80. The molecule has 7 heteroatoms. The largest absolute Gasteiger partial charge is 0.469 e. The molecular weight excluding hydrogens is 424 g/mol. The van der Waals surface area contributed by atoms with Gasteiger partial charge in [-0.2, -0.15) is 0 Å². The van der Waals surface area contributed by atoms with Crippen LogP contribution in [0.3, 0.4) is 0 Å². The Labute approximate surface area is 196 Å². The molecule has 2 rings (SSSR count). The number of aliphatic hydroxyl groups is 1. The van der Waals surface area contributed by atoms with Crippen LogP contribution in [0.2, 0.25) is 18.1 Å². The van der Waals surface area contributed by atoms with Crippen LogP contribution in [0.4, 0.5) is 0 Å². The van der Waals surface area contributed by atoms with Gasteiger partial charge in [-0.15, -0.1) is 0 Å². The van der Waals surface area contributed by atoms with Crippen molar-refractivity contribution in [3.05, 3.63) is 0 Å². The summed E-state index contributed by atoms with van der Waals surface area (Å²) >= 11 is 0. The fourth-order valence-corrected chi connectivity index (χ4v) is 5.62. The second-order valence-corrected chi connectivity index (χ2v) is 16.0. The van der Waals surface area contributed by atoms with E-state index in [1.807, 2.05) is 0 Å². The zero-order valence-corrected chi connectivity index (χ0v) is 22.4. The number of methoxy groups -OCH3 is 1. The standard InChI is InChI=1S/C25H48O6Si/c1-25(2,3)32(5,6)30-18-20-19(13-9-7-8-10-14-23(27)28-4)21(26)17-22(20)31-24-15-11-12-16-29-24/h19-22,24,26H,7-18H2,1-6H3/t19?,20-,21?,22-,24?/m1/s1. The van der Waals surface area contributed by atoms with Crippen LogP contribution in [0.5, 0.6) is 0 Å². The van der Waals surface area contributed by atoms with Gasteiger partial charge in [0.05, 0.1) is 19.3 Å². The Kier molecular flexibility index (Phi) is 11.1.